The number of rotatable bonds is 7. The second-order valence-electron chi connectivity index (χ2n) is 8.72. The molecule has 1 aromatic heterocycles. The van der Waals surface area contributed by atoms with Crippen LogP contribution in [0.5, 0.6) is 0 Å². The number of carbonyl (C=O) groups excluding carboxylic acids is 3. The van der Waals surface area contributed by atoms with Crippen LogP contribution in [0.2, 0.25) is 5.02 Å². The van der Waals surface area contributed by atoms with Crippen LogP contribution < -0.4 is 0 Å². The van der Waals surface area contributed by atoms with Crippen molar-refractivity contribution in [3.8, 4) is 11.3 Å². The summed E-state index contributed by atoms with van der Waals surface area (Å²) in [5, 5.41) is 8.24. The van der Waals surface area contributed by atoms with E-state index in [0.717, 1.165) is 41.8 Å². The second-order valence-corrected chi connectivity index (χ2v) is 9.16. The van der Waals surface area contributed by atoms with E-state index in [2.05, 4.69) is 10.2 Å². The maximum absolute atomic E-state index is 12.9. The van der Waals surface area contributed by atoms with Gasteiger partial charge >= 0.3 is 0 Å². The predicted octanol–water partition coefficient (Wildman–Crippen LogP) is 4.47. The van der Waals surface area contributed by atoms with Gasteiger partial charge in [0.2, 0.25) is 5.91 Å². The van der Waals surface area contributed by atoms with Gasteiger partial charge in [-0.25, -0.2) is 0 Å². The molecule has 0 aliphatic carbocycles. The number of hydrogen-bond acceptors (Lipinski definition) is 4. The molecule has 5 rings (SSSR count). The number of nitrogens with one attached hydrogen (secondary N) is 1. The van der Waals surface area contributed by atoms with E-state index in [1.165, 1.54) is 4.90 Å². The molecule has 34 heavy (non-hydrogen) atoms. The number of fused-ring (bicyclic) bond motifs is 2. The van der Waals surface area contributed by atoms with Gasteiger partial charge in [-0.3, -0.25) is 24.4 Å². The van der Waals surface area contributed by atoms with Crippen molar-refractivity contribution in [3.05, 3.63) is 75.9 Å². The first-order chi connectivity index (χ1) is 16.5. The molecule has 0 unspecified atom stereocenters. The number of imide groups is 1. The lowest BCUT2D eigenvalue weighted by Crippen LogP contribution is -2.35. The van der Waals surface area contributed by atoms with Crippen LogP contribution in [-0.4, -0.2) is 50.8 Å². The van der Waals surface area contributed by atoms with Crippen LogP contribution in [0, 0.1) is 0 Å². The molecule has 2 aromatic carbocycles. The van der Waals surface area contributed by atoms with E-state index in [1.54, 1.807) is 24.3 Å². The zero-order valence-electron chi connectivity index (χ0n) is 18.7. The first-order valence-electron chi connectivity index (χ1n) is 11.6. The van der Waals surface area contributed by atoms with Gasteiger partial charge in [0.15, 0.2) is 0 Å². The van der Waals surface area contributed by atoms with Crippen LogP contribution >= 0.6 is 11.6 Å². The Balaban J connectivity index is 1.11. The van der Waals surface area contributed by atoms with Gasteiger partial charge in [-0.15, -0.1) is 0 Å². The lowest BCUT2D eigenvalue weighted by Gasteiger charge is -2.27. The molecule has 0 bridgehead atoms. The third-order valence-electron chi connectivity index (χ3n) is 6.53. The van der Waals surface area contributed by atoms with Gasteiger partial charge in [0, 0.05) is 54.3 Å². The van der Waals surface area contributed by atoms with E-state index >= 15 is 0 Å². The molecule has 174 valence electrons. The fraction of sp³-hybridized carbons (Fsp3) is 0.308. The Bertz CT molecular complexity index is 1230. The van der Waals surface area contributed by atoms with Gasteiger partial charge in [-0.2, -0.15) is 5.10 Å². The molecule has 3 aromatic rings. The number of halogens is 1. The van der Waals surface area contributed by atoms with Gasteiger partial charge in [0.1, 0.15) is 0 Å². The van der Waals surface area contributed by atoms with E-state index < -0.39 is 0 Å². The van der Waals surface area contributed by atoms with Gasteiger partial charge in [-0.05, 0) is 37.1 Å². The summed E-state index contributed by atoms with van der Waals surface area (Å²) in [7, 11) is 0. The summed E-state index contributed by atoms with van der Waals surface area (Å²) in [6, 6.07) is 14.5. The SMILES string of the molecule is O=C(CCCCCN1C(=O)c2ccccc2C1=O)N1CCc2[nH]nc(-c3cccc(Cl)c3)c2C1. The highest BCUT2D eigenvalue weighted by Gasteiger charge is 2.34. The van der Waals surface area contributed by atoms with Crippen LogP contribution in [0.25, 0.3) is 11.3 Å². The minimum Gasteiger partial charge on any atom is -0.338 e. The standard InChI is InChI=1S/C26H25ClN4O3/c27-18-8-6-7-17(15-18)24-21-16-30(14-12-22(21)28-29-24)23(32)11-2-1-5-13-31-25(33)19-9-3-4-10-20(19)26(31)34/h3-4,6-10,15H,1-2,5,11-14,16H2,(H,28,29). The number of nitrogens with zero attached hydrogens (tertiary/aromatic N) is 3. The summed E-state index contributed by atoms with van der Waals surface area (Å²) in [5.74, 6) is -0.336. The van der Waals surface area contributed by atoms with E-state index in [-0.39, 0.29) is 17.7 Å². The number of unbranched alkanes of at least 4 members (excludes halogenated alkanes) is 2. The quantitative estimate of drug-likeness (QED) is 0.402. The topological polar surface area (TPSA) is 86.4 Å². The minimum atomic E-state index is -0.226. The zero-order valence-corrected chi connectivity index (χ0v) is 19.5. The van der Waals surface area contributed by atoms with Crippen molar-refractivity contribution in [1.82, 2.24) is 20.0 Å². The summed E-state index contributed by atoms with van der Waals surface area (Å²) >= 11 is 6.15. The normalized spacial score (nSPS) is 15.0. The summed E-state index contributed by atoms with van der Waals surface area (Å²) in [6.07, 6.45) is 3.37. The highest BCUT2D eigenvalue weighted by atomic mass is 35.5. The van der Waals surface area contributed by atoms with E-state index in [1.807, 2.05) is 29.2 Å². The van der Waals surface area contributed by atoms with Crippen LogP contribution in [0.1, 0.15) is 57.7 Å². The first-order valence-corrected chi connectivity index (χ1v) is 12.0. The van der Waals surface area contributed by atoms with Crippen LogP contribution in [0.15, 0.2) is 48.5 Å². The Morgan fingerprint density at radius 3 is 2.50 bits per heavy atom. The Kier molecular flexibility index (Phi) is 6.20. The molecule has 7 nitrogen and oxygen atoms in total. The number of benzene rings is 2. The number of amides is 3. The molecule has 0 fully saturated rings. The molecule has 3 amide bonds. The molecular formula is C26H25ClN4O3. The number of aromatic nitrogens is 2. The first kappa shape index (κ1) is 22.3. The average molecular weight is 477 g/mol. The minimum absolute atomic E-state index is 0.115. The van der Waals surface area contributed by atoms with Crippen molar-refractivity contribution in [1.29, 1.82) is 0 Å². The van der Waals surface area contributed by atoms with Crippen LogP contribution in [0.4, 0.5) is 0 Å². The van der Waals surface area contributed by atoms with Crippen molar-refractivity contribution in [3.63, 3.8) is 0 Å². The largest absolute Gasteiger partial charge is 0.338 e. The van der Waals surface area contributed by atoms with Gasteiger partial charge in [0.25, 0.3) is 11.8 Å². The predicted molar refractivity (Wildman–Crippen MR) is 128 cm³/mol. The molecule has 3 heterocycles. The zero-order chi connectivity index (χ0) is 23.7. The third-order valence-corrected chi connectivity index (χ3v) is 6.77. The second kappa shape index (κ2) is 9.43. The average Bonchev–Trinajstić information content (AvgIpc) is 3.38. The lowest BCUT2D eigenvalue weighted by molar-refractivity contribution is -0.132. The molecule has 0 spiro atoms. The summed E-state index contributed by atoms with van der Waals surface area (Å²) in [4.78, 5) is 40.9. The molecule has 0 atom stereocenters. The molecular weight excluding hydrogens is 452 g/mol. The number of hydrogen-bond donors (Lipinski definition) is 1. The lowest BCUT2D eigenvalue weighted by atomic mass is 10.0. The van der Waals surface area contributed by atoms with Gasteiger partial charge in [-0.1, -0.05) is 42.3 Å². The smallest absolute Gasteiger partial charge is 0.261 e. The maximum atomic E-state index is 12.9. The highest BCUT2D eigenvalue weighted by molar-refractivity contribution is 6.30. The van der Waals surface area contributed by atoms with E-state index in [4.69, 9.17) is 11.6 Å². The highest BCUT2D eigenvalue weighted by Crippen LogP contribution is 2.30. The monoisotopic (exact) mass is 476 g/mol. The van der Waals surface area contributed by atoms with E-state index in [0.29, 0.717) is 48.6 Å². The molecule has 2 aliphatic heterocycles. The number of H-pyrrole nitrogens is 1. The molecule has 8 heteroatoms. The molecule has 0 saturated heterocycles. The Labute approximate surface area is 202 Å². The summed E-state index contributed by atoms with van der Waals surface area (Å²) < 4.78 is 0. The van der Waals surface area contributed by atoms with Gasteiger partial charge < -0.3 is 4.90 Å². The molecule has 0 radical (unpaired) electrons. The van der Waals surface area contributed by atoms with Crippen molar-refractivity contribution in [2.24, 2.45) is 0 Å². The van der Waals surface area contributed by atoms with Crippen molar-refractivity contribution >= 4 is 29.3 Å². The summed E-state index contributed by atoms with van der Waals surface area (Å²) in [6.45, 7) is 1.57. The molecule has 1 N–H and O–H groups in total. The molecule has 0 saturated carbocycles. The third kappa shape index (κ3) is 4.23. The number of carbonyl (C=O) groups is 3. The molecule has 2 aliphatic rings. The summed E-state index contributed by atoms with van der Waals surface area (Å²) in [5.41, 5.74) is 4.85. The fourth-order valence-corrected chi connectivity index (χ4v) is 4.90. The van der Waals surface area contributed by atoms with Crippen LogP contribution in [-0.2, 0) is 17.8 Å². The number of aromatic amines is 1. The van der Waals surface area contributed by atoms with Gasteiger partial charge in [0.05, 0.1) is 16.8 Å². The Hall–Kier alpha value is -3.45. The van der Waals surface area contributed by atoms with Crippen molar-refractivity contribution in [2.75, 3.05) is 13.1 Å². The fourth-order valence-electron chi connectivity index (χ4n) is 4.71. The maximum Gasteiger partial charge on any atom is 0.261 e. The van der Waals surface area contributed by atoms with Crippen molar-refractivity contribution in [2.45, 2.75) is 38.6 Å². The Morgan fingerprint density at radius 1 is 1.00 bits per heavy atom. The van der Waals surface area contributed by atoms with E-state index in [9.17, 15) is 14.4 Å². The van der Waals surface area contributed by atoms with Crippen LogP contribution in [0.3, 0.4) is 0 Å². The Morgan fingerprint density at radius 2 is 1.76 bits per heavy atom. The van der Waals surface area contributed by atoms with Crippen molar-refractivity contribution < 1.29 is 14.4 Å².